The highest BCUT2D eigenvalue weighted by Crippen LogP contribution is 2.36. The van der Waals surface area contributed by atoms with E-state index in [4.69, 9.17) is 14.2 Å². The quantitative estimate of drug-likeness (QED) is 0.564. The number of rotatable bonds is 6. The van der Waals surface area contributed by atoms with E-state index in [9.17, 15) is 0 Å². The van der Waals surface area contributed by atoms with Crippen molar-refractivity contribution >= 4 is 6.08 Å². The van der Waals surface area contributed by atoms with Crippen molar-refractivity contribution in [1.82, 2.24) is 5.32 Å². The van der Waals surface area contributed by atoms with Gasteiger partial charge in [0.1, 0.15) is 12.4 Å². The lowest BCUT2D eigenvalue weighted by molar-refractivity contribution is 0.283. The van der Waals surface area contributed by atoms with Crippen LogP contribution in [0.2, 0.25) is 0 Å². The van der Waals surface area contributed by atoms with Crippen LogP contribution in [0.5, 0.6) is 17.2 Å². The van der Waals surface area contributed by atoms with Crippen LogP contribution in [0, 0.1) is 0 Å². The van der Waals surface area contributed by atoms with Gasteiger partial charge in [0.15, 0.2) is 11.5 Å². The molecule has 1 unspecified atom stereocenters. The zero-order valence-electron chi connectivity index (χ0n) is 18.5. The molecule has 1 N–H and O–H groups in total. The summed E-state index contributed by atoms with van der Waals surface area (Å²) >= 11 is 0. The van der Waals surface area contributed by atoms with Crippen molar-refractivity contribution in [2.75, 3.05) is 20.3 Å². The first kappa shape index (κ1) is 20.7. The molecule has 4 nitrogen and oxygen atoms in total. The summed E-state index contributed by atoms with van der Waals surface area (Å²) in [6.07, 6.45) is 7.60. The van der Waals surface area contributed by atoms with Crippen molar-refractivity contribution in [2.45, 2.75) is 31.9 Å². The van der Waals surface area contributed by atoms with Crippen LogP contribution in [0.3, 0.4) is 0 Å². The number of nitrogens with one attached hydrogen (secondary N) is 1. The van der Waals surface area contributed by atoms with E-state index in [-0.39, 0.29) is 6.04 Å². The molecule has 0 spiro atoms. The monoisotopic (exact) mass is 427 g/mol. The van der Waals surface area contributed by atoms with Crippen molar-refractivity contribution in [3.8, 4) is 17.2 Å². The zero-order valence-corrected chi connectivity index (χ0v) is 18.5. The average Bonchev–Trinajstić information content (AvgIpc) is 2.86. The molecule has 32 heavy (non-hydrogen) atoms. The van der Waals surface area contributed by atoms with Crippen LogP contribution in [0.25, 0.3) is 6.08 Å². The Hall–Kier alpha value is -3.24. The lowest BCUT2D eigenvalue weighted by atomic mass is 9.92. The molecule has 3 aromatic rings. The van der Waals surface area contributed by atoms with E-state index in [1.165, 1.54) is 22.3 Å². The number of aryl methyl sites for hydroxylation is 1. The van der Waals surface area contributed by atoms with Crippen LogP contribution in [-0.4, -0.2) is 20.3 Å². The molecule has 3 aromatic carbocycles. The minimum atomic E-state index is 0.142. The molecule has 4 heteroatoms. The van der Waals surface area contributed by atoms with Gasteiger partial charge in [0.05, 0.1) is 19.8 Å². The van der Waals surface area contributed by atoms with Crippen molar-refractivity contribution in [2.24, 2.45) is 0 Å². The minimum absolute atomic E-state index is 0.142. The summed E-state index contributed by atoms with van der Waals surface area (Å²) in [5, 5.41) is 3.63. The Morgan fingerprint density at radius 1 is 1.00 bits per heavy atom. The Balaban J connectivity index is 1.36. The molecule has 0 aromatic heterocycles. The van der Waals surface area contributed by atoms with Crippen LogP contribution in [0.1, 0.15) is 40.3 Å². The van der Waals surface area contributed by atoms with Gasteiger partial charge in [0, 0.05) is 6.54 Å². The highest BCUT2D eigenvalue weighted by Gasteiger charge is 2.21. The maximum absolute atomic E-state index is 6.12. The fraction of sp³-hybridized carbons (Fsp3) is 0.286. The Kier molecular flexibility index (Phi) is 6.13. The largest absolute Gasteiger partial charge is 0.493 e. The van der Waals surface area contributed by atoms with E-state index in [1.54, 1.807) is 7.11 Å². The fourth-order valence-electron chi connectivity index (χ4n) is 4.47. The molecule has 164 valence electrons. The fourth-order valence-corrected chi connectivity index (χ4v) is 4.47. The van der Waals surface area contributed by atoms with Crippen LogP contribution < -0.4 is 19.5 Å². The summed E-state index contributed by atoms with van der Waals surface area (Å²) < 4.78 is 17.5. The van der Waals surface area contributed by atoms with Crippen molar-refractivity contribution in [1.29, 1.82) is 0 Å². The predicted octanol–water partition coefficient (Wildman–Crippen LogP) is 5.50. The number of ether oxygens (including phenoxy) is 3. The SMILES string of the molecule is COc1cc2c(cc1OCc1ccccc1)CCNC2/C=C/c1ccc2c(c1)CCCO2. The summed E-state index contributed by atoms with van der Waals surface area (Å²) in [5.41, 5.74) is 6.21. The molecule has 0 saturated carbocycles. The smallest absolute Gasteiger partial charge is 0.161 e. The first-order valence-electron chi connectivity index (χ1n) is 11.3. The third-order valence-electron chi connectivity index (χ3n) is 6.17. The predicted molar refractivity (Wildman–Crippen MR) is 128 cm³/mol. The van der Waals surface area contributed by atoms with E-state index in [0.717, 1.165) is 55.2 Å². The Morgan fingerprint density at radius 2 is 1.91 bits per heavy atom. The lowest BCUT2D eigenvalue weighted by Crippen LogP contribution is -2.28. The molecule has 0 fully saturated rings. The number of hydrogen-bond acceptors (Lipinski definition) is 4. The van der Waals surface area contributed by atoms with E-state index in [0.29, 0.717) is 6.61 Å². The van der Waals surface area contributed by atoms with Gasteiger partial charge in [0.2, 0.25) is 0 Å². The van der Waals surface area contributed by atoms with Crippen LogP contribution in [-0.2, 0) is 19.4 Å². The van der Waals surface area contributed by atoms with Crippen molar-refractivity contribution < 1.29 is 14.2 Å². The Morgan fingerprint density at radius 3 is 2.78 bits per heavy atom. The van der Waals surface area contributed by atoms with Crippen molar-refractivity contribution in [3.63, 3.8) is 0 Å². The summed E-state index contributed by atoms with van der Waals surface area (Å²) in [5.74, 6) is 2.60. The van der Waals surface area contributed by atoms with Gasteiger partial charge in [-0.25, -0.2) is 0 Å². The van der Waals surface area contributed by atoms with Gasteiger partial charge < -0.3 is 19.5 Å². The van der Waals surface area contributed by atoms with Gasteiger partial charge in [0.25, 0.3) is 0 Å². The average molecular weight is 428 g/mol. The molecule has 5 rings (SSSR count). The van der Waals surface area contributed by atoms with Gasteiger partial charge >= 0.3 is 0 Å². The second-order valence-electron chi connectivity index (χ2n) is 8.34. The van der Waals surface area contributed by atoms with Gasteiger partial charge in [-0.3, -0.25) is 0 Å². The number of hydrogen-bond donors (Lipinski definition) is 1. The second kappa shape index (κ2) is 9.49. The molecular weight excluding hydrogens is 398 g/mol. The van der Waals surface area contributed by atoms with Gasteiger partial charge in [-0.15, -0.1) is 0 Å². The van der Waals surface area contributed by atoms with Crippen molar-refractivity contribution in [3.05, 3.63) is 94.6 Å². The molecule has 0 radical (unpaired) electrons. The second-order valence-corrected chi connectivity index (χ2v) is 8.34. The zero-order chi connectivity index (χ0) is 21.8. The number of methoxy groups -OCH3 is 1. The Bertz CT molecular complexity index is 1110. The normalized spacial score (nSPS) is 17.3. The number of fused-ring (bicyclic) bond motifs is 2. The van der Waals surface area contributed by atoms with Crippen LogP contribution in [0.4, 0.5) is 0 Å². The molecule has 0 amide bonds. The maximum Gasteiger partial charge on any atom is 0.161 e. The molecule has 0 bridgehead atoms. The standard InChI is InChI=1S/C28H29NO3/c1-30-27-18-24-22(17-28(27)32-19-21-6-3-2-4-7-21)13-14-29-25(24)11-9-20-10-12-26-23(16-20)8-5-15-31-26/h2-4,6-7,9-12,16-18,25,29H,5,8,13-15,19H2,1H3/b11-9+. The first-order chi connectivity index (χ1) is 15.8. The van der Waals surface area contributed by atoms with Crippen LogP contribution >= 0.6 is 0 Å². The molecule has 2 heterocycles. The topological polar surface area (TPSA) is 39.7 Å². The van der Waals surface area contributed by atoms with E-state index in [2.05, 4.69) is 59.9 Å². The molecule has 1 atom stereocenters. The molecule has 0 aliphatic carbocycles. The Labute approximate surface area is 189 Å². The summed E-state index contributed by atoms with van der Waals surface area (Å²) in [4.78, 5) is 0. The lowest BCUT2D eigenvalue weighted by Gasteiger charge is -2.26. The third-order valence-corrected chi connectivity index (χ3v) is 6.17. The summed E-state index contributed by atoms with van der Waals surface area (Å²) in [6.45, 7) is 2.29. The van der Waals surface area contributed by atoms with Crippen LogP contribution in [0.15, 0.2) is 66.7 Å². The number of benzene rings is 3. The van der Waals surface area contributed by atoms with E-state index in [1.807, 2.05) is 18.2 Å². The molecule has 2 aliphatic heterocycles. The van der Waals surface area contributed by atoms with Gasteiger partial charge in [-0.05, 0) is 71.3 Å². The highest BCUT2D eigenvalue weighted by molar-refractivity contribution is 5.57. The van der Waals surface area contributed by atoms with E-state index >= 15 is 0 Å². The third kappa shape index (κ3) is 4.51. The van der Waals surface area contributed by atoms with Gasteiger partial charge in [-0.2, -0.15) is 0 Å². The molecule has 0 saturated heterocycles. The first-order valence-corrected chi connectivity index (χ1v) is 11.3. The molecule has 2 aliphatic rings. The summed E-state index contributed by atoms with van der Waals surface area (Å²) in [6, 6.07) is 21.1. The molecular formula is C28H29NO3. The summed E-state index contributed by atoms with van der Waals surface area (Å²) in [7, 11) is 1.70. The highest BCUT2D eigenvalue weighted by atomic mass is 16.5. The minimum Gasteiger partial charge on any atom is -0.493 e. The maximum atomic E-state index is 6.12. The van der Waals surface area contributed by atoms with Gasteiger partial charge in [-0.1, -0.05) is 48.6 Å². The van der Waals surface area contributed by atoms with E-state index < -0.39 is 0 Å².